The lowest BCUT2D eigenvalue weighted by atomic mass is 9.85. The van der Waals surface area contributed by atoms with Crippen molar-refractivity contribution in [3.8, 4) is 17.2 Å². The molecule has 0 spiro atoms. The third-order valence-corrected chi connectivity index (χ3v) is 5.63. The Bertz CT molecular complexity index is 1410. The molecule has 0 fully saturated rings. The van der Waals surface area contributed by atoms with Crippen LogP contribution in [0.3, 0.4) is 0 Å². The lowest BCUT2D eigenvalue weighted by Crippen LogP contribution is -2.20. The SMILES string of the molecule is COc1cccc(C(=O)Oc2ccc(C(c3c(C)[nH][nH]c3=O)c3c(C)[nH][nH]c3=O)cc2OC)c1.Cl. The molecule has 10 nitrogen and oxygen atoms in total. The lowest BCUT2D eigenvalue weighted by molar-refractivity contribution is 0.0729. The van der Waals surface area contributed by atoms with Crippen molar-refractivity contribution in [2.45, 2.75) is 19.8 Å². The van der Waals surface area contributed by atoms with Gasteiger partial charge in [0, 0.05) is 17.3 Å². The van der Waals surface area contributed by atoms with Gasteiger partial charge in [0.25, 0.3) is 11.1 Å². The molecule has 2 aromatic heterocycles. The second kappa shape index (κ2) is 10.4. The largest absolute Gasteiger partial charge is 0.497 e. The average molecular weight is 501 g/mol. The molecular weight excluding hydrogens is 476 g/mol. The number of esters is 1. The van der Waals surface area contributed by atoms with Crippen LogP contribution in [0.4, 0.5) is 0 Å². The van der Waals surface area contributed by atoms with Crippen LogP contribution in [-0.2, 0) is 0 Å². The lowest BCUT2D eigenvalue weighted by Gasteiger charge is -2.18. The minimum atomic E-state index is -0.693. The van der Waals surface area contributed by atoms with Gasteiger partial charge < -0.3 is 24.4 Å². The summed E-state index contributed by atoms with van der Waals surface area (Å²) in [5.74, 6) is -0.289. The zero-order chi connectivity index (χ0) is 24.4. The van der Waals surface area contributed by atoms with Gasteiger partial charge in [0.2, 0.25) is 0 Å². The van der Waals surface area contributed by atoms with Crippen LogP contribution < -0.4 is 25.3 Å². The van der Waals surface area contributed by atoms with Gasteiger partial charge in [-0.05, 0) is 49.7 Å². The van der Waals surface area contributed by atoms with E-state index in [1.165, 1.54) is 14.2 Å². The number of rotatable bonds is 7. The summed E-state index contributed by atoms with van der Waals surface area (Å²) in [5.41, 5.74) is 2.24. The fourth-order valence-corrected chi connectivity index (χ4v) is 3.94. The van der Waals surface area contributed by atoms with Gasteiger partial charge >= 0.3 is 5.97 Å². The van der Waals surface area contributed by atoms with E-state index in [9.17, 15) is 14.4 Å². The molecule has 0 bridgehead atoms. The molecule has 0 saturated heterocycles. The molecular formula is C24H25ClN4O6. The number of carbonyl (C=O) groups is 1. The van der Waals surface area contributed by atoms with E-state index in [1.54, 1.807) is 56.3 Å². The number of aryl methyl sites for hydroxylation is 2. The van der Waals surface area contributed by atoms with E-state index in [4.69, 9.17) is 14.2 Å². The van der Waals surface area contributed by atoms with Crippen molar-refractivity contribution in [3.05, 3.63) is 96.8 Å². The third-order valence-electron chi connectivity index (χ3n) is 5.63. The maximum Gasteiger partial charge on any atom is 0.343 e. The molecule has 0 aliphatic heterocycles. The number of carbonyl (C=O) groups excluding carboxylic acids is 1. The van der Waals surface area contributed by atoms with Crippen molar-refractivity contribution in [1.82, 2.24) is 20.4 Å². The summed E-state index contributed by atoms with van der Waals surface area (Å²) in [7, 11) is 2.96. The first-order valence-electron chi connectivity index (χ1n) is 10.4. The molecule has 4 aromatic rings. The molecule has 0 unspecified atom stereocenters. The minimum Gasteiger partial charge on any atom is -0.497 e. The average Bonchev–Trinajstić information content (AvgIpc) is 3.35. The number of nitrogens with one attached hydrogen (secondary N) is 4. The van der Waals surface area contributed by atoms with Crippen LogP contribution in [-0.4, -0.2) is 40.6 Å². The Morgan fingerprint density at radius 2 is 1.43 bits per heavy atom. The highest BCUT2D eigenvalue weighted by atomic mass is 35.5. The van der Waals surface area contributed by atoms with Crippen molar-refractivity contribution in [2.24, 2.45) is 0 Å². The quantitative estimate of drug-likeness (QED) is 0.227. The molecule has 11 heteroatoms. The second-order valence-electron chi connectivity index (χ2n) is 7.70. The monoisotopic (exact) mass is 500 g/mol. The maximum absolute atomic E-state index is 12.7. The molecule has 2 heterocycles. The standard InChI is InChI=1S/C24H24N4O6.ClH/c1-12-19(22(29)27-25-12)21(20-13(2)26-28-23(20)30)14-8-9-17(18(11-14)33-4)34-24(31)15-6-5-7-16(10-15)32-3;/h5-11,21H,1-4H3,(H2,25,27,29)(H2,26,28,30);1H. The number of benzene rings is 2. The summed E-state index contributed by atoms with van der Waals surface area (Å²) < 4.78 is 16.2. The molecule has 4 N–H and O–H groups in total. The number of hydrogen-bond acceptors (Lipinski definition) is 6. The van der Waals surface area contributed by atoms with E-state index >= 15 is 0 Å². The van der Waals surface area contributed by atoms with E-state index < -0.39 is 11.9 Å². The second-order valence-corrected chi connectivity index (χ2v) is 7.70. The molecule has 0 aliphatic rings. The van der Waals surface area contributed by atoms with Gasteiger partial charge in [-0.3, -0.25) is 19.8 Å². The van der Waals surface area contributed by atoms with Crippen LogP contribution in [0.15, 0.2) is 52.1 Å². The van der Waals surface area contributed by atoms with Crippen LogP contribution in [0, 0.1) is 13.8 Å². The van der Waals surface area contributed by atoms with E-state index in [1.807, 2.05) is 0 Å². The van der Waals surface area contributed by atoms with Gasteiger partial charge in [0.1, 0.15) is 5.75 Å². The summed E-state index contributed by atoms with van der Waals surface area (Å²) in [6.07, 6.45) is 0. The summed E-state index contributed by atoms with van der Waals surface area (Å²) in [4.78, 5) is 37.9. The van der Waals surface area contributed by atoms with E-state index in [-0.39, 0.29) is 35.0 Å². The fourth-order valence-electron chi connectivity index (χ4n) is 3.94. The Hall–Kier alpha value is -4.18. The predicted molar refractivity (Wildman–Crippen MR) is 131 cm³/mol. The van der Waals surface area contributed by atoms with Crippen molar-refractivity contribution in [3.63, 3.8) is 0 Å². The molecule has 184 valence electrons. The van der Waals surface area contributed by atoms with E-state index in [0.29, 0.717) is 39.4 Å². The number of ether oxygens (including phenoxy) is 3. The Kier molecular flexibility index (Phi) is 7.55. The van der Waals surface area contributed by atoms with Crippen molar-refractivity contribution in [2.75, 3.05) is 14.2 Å². The Morgan fingerprint density at radius 3 is 1.94 bits per heavy atom. The van der Waals surface area contributed by atoms with Crippen LogP contribution in [0.1, 0.15) is 44.4 Å². The van der Waals surface area contributed by atoms with E-state index in [0.717, 1.165) is 0 Å². The first-order chi connectivity index (χ1) is 16.3. The van der Waals surface area contributed by atoms with Gasteiger partial charge in [-0.25, -0.2) is 4.79 Å². The smallest absolute Gasteiger partial charge is 0.343 e. The van der Waals surface area contributed by atoms with Crippen molar-refractivity contribution in [1.29, 1.82) is 0 Å². The Labute approximate surface area is 206 Å². The zero-order valence-corrected chi connectivity index (χ0v) is 20.3. The molecule has 0 aliphatic carbocycles. The molecule has 4 rings (SSSR count). The molecule has 0 atom stereocenters. The summed E-state index contributed by atoms with van der Waals surface area (Å²) in [5, 5.41) is 10.8. The van der Waals surface area contributed by atoms with Gasteiger partial charge in [0.05, 0.1) is 30.9 Å². The zero-order valence-electron chi connectivity index (χ0n) is 19.5. The maximum atomic E-state index is 12.7. The highest BCUT2D eigenvalue weighted by Gasteiger charge is 2.29. The summed E-state index contributed by atoms with van der Waals surface area (Å²) in [6.45, 7) is 3.50. The normalized spacial score (nSPS) is 10.7. The number of halogens is 1. The third kappa shape index (κ3) is 4.87. The van der Waals surface area contributed by atoms with Gasteiger partial charge in [-0.2, -0.15) is 0 Å². The first-order valence-corrected chi connectivity index (χ1v) is 10.4. The predicted octanol–water partition coefficient (Wildman–Crippen LogP) is 3.17. The highest BCUT2D eigenvalue weighted by Crippen LogP contribution is 2.37. The molecule has 35 heavy (non-hydrogen) atoms. The summed E-state index contributed by atoms with van der Waals surface area (Å²) in [6, 6.07) is 11.5. The minimum absolute atomic E-state index is 0. The van der Waals surface area contributed by atoms with Crippen molar-refractivity contribution < 1.29 is 19.0 Å². The molecule has 0 radical (unpaired) electrons. The Balaban J connectivity index is 0.00000342. The molecule has 0 amide bonds. The van der Waals surface area contributed by atoms with E-state index in [2.05, 4.69) is 20.4 Å². The highest BCUT2D eigenvalue weighted by molar-refractivity contribution is 5.91. The molecule has 0 saturated carbocycles. The van der Waals surface area contributed by atoms with Crippen LogP contribution >= 0.6 is 12.4 Å². The number of methoxy groups -OCH3 is 2. The number of aromatic nitrogens is 4. The molecule has 2 aromatic carbocycles. The van der Waals surface area contributed by atoms with Crippen molar-refractivity contribution >= 4 is 18.4 Å². The van der Waals surface area contributed by atoms with Crippen LogP contribution in [0.25, 0.3) is 0 Å². The number of aromatic amines is 4. The van der Waals surface area contributed by atoms with Gasteiger partial charge in [-0.1, -0.05) is 12.1 Å². The fraction of sp³-hybridized carbons (Fsp3) is 0.208. The van der Waals surface area contributed by atoms with Crippen LogP contribution in [0.2, 0.25) is 0 Å². The number of H-pyrrole nitrogens is 4. The number of hydrogen-bond donors (Lipinski definition) is 4. The Morgan fingerprint density at radius 1 is 0.800 bits per heavy atom. The van der Waals surface area contributed by atoms with Gasteiger partial charge in [0.15, 0.2) is 11.5 Å². The first kappa shape index (κ1) is 25.4. The topological polar surface area (TPSA) is 142 Å². The van der Waals surface area contributed by atoms with Crippen LogP contribution in [0.5, 0.6) is 17.2 Å². The van der Waals surface area contributed by atoms with Gasteiger partial charge in [-0.15, -0.1) is 12.4 Å². The summed E-state index contributed by atoms with van der Waals surface area (Å²) >= 11 is 0.